The Balaban J connectivity index is 0.00000241. The van der Waals surface area contributed by atoms with Crippen LogP contribution in [0.25, 0.3) is 0 Å². The smallest absolute Gasteiger partial charge is 0.872 e. The topological polar surface area (TPSA) is 61.8 Å². The molecule has 0 aromatic heterocycles. The molecule has 0 saturated carbocycles. The van der Waals surface area contributed by atoms with Crippen LogP contribution < -0.4 is 66.1 Å². The molecule has 2 heterocycles. The number of esters is 1. The van der Waals surface area contributed by atoms with Gasteiger partial charge in [0.1, 0.15) is 11.5 Å². The first-order valence-corrected chi connectivity index (χ1v) is 11.5. The van der Waals surface area contributed by atoms with Crippen LogP contribution in [-0.2, 0) is 10.3 Å². The predicted molar refractivity (Wildman–Crippen MR) is 127 cm³/mol. The van der Waals surface area contributed by atoms with Crippen molar-refractivity contribution in [1.82, 2.24) is 0 Å². The van der Waals surface area contributed by atoms with E-state index in [4.69, 9.17) is 9.47 Å². The molecule has 1 unspecified atom stereocenters. The summed E-state index contributed by atoms with van der Waals surface area (Å²) in [6.45, 7) is 0. The minimum Gasteiger partial charge on any atom is -0.872 e. The molecule has 0 bridgehead atoms. The van der Waals surface area contributed by atoms with Gasteiger partial charge in [-0.25, -0.2) is 4.79 Å². The van der Waals surface area contributed by atoms with Gasteiger partial charge in [-0.05, 0) is 49.2 Å². The van der Waals surface area contributed by atoms with E-state index in [1.807, 2.05) is 43.4 Å². The first-order valence-electron chi connectivity index (χ1n) is 10.8. The van der Waals surface area contributed by atoms with Crippen molar-refractivity contribution in [1.29, 1.82) is 0 Å². The molecule has 1 aliphatic carbocycles. The summed E-state index contributed by atoms with van der Waals surface area (Å²) >= 11 is 3.35. The fourth-order valence-electron chi connectivity index (χ4n) is 4.87. The van der Waals surface area contributed by atoms with E-state index in [0.717, 1.165) is 35.4 Å². The molecule has 3 aromatic rings. The van der Waals surface area contributed by atoms with E-state index >= 15 is 0 Å². The van der Waals surface area contributed by atoms with Crippen LogP contribution >= 0.6 is 15.9 Å². The molecular formula is C27H19BrKNO4. The van der Waals surface area contributed by atoms with Crippen LogP contribution in [0.1, 0.15) is 39.9 Å². The first kappa shape index (κ1) is 23.8. The molecule has 5 nitrogen and oxygen atoms in total. The number of nitrogens with zero attached hydrogens (tertiary/aromatic N) is 1. The fraction of sp³-hybridized carbons (Fsp3) is 0.148. The number of allylic oxidation sites excluding steroid dienone is 3. The van der Waals surface area contributed by atoms with Crippen LogP contribution in [0.15, 0.2) is 83.0 Å². The minimum atomic E-state index is -1.19. The molecule has 6 rings (SSSR count). The molecule has 0 N–H and O–H groups in total. The Morgan fingerprint density at radius 1 is 1.00 bits per heavy atom. The van der Waals surface area contributed by atoms with Crippen molar-refractivity contribution in [2.75, 3.05) is 11.9 Å². The van der Waals surface area contributed by atoms with Crippen LogP contribution in [0.2, 0.25) is 0 Å². The number of hydrogen-bond acceptors (Lipinski definition) is 5. The third-order valence-corrected chi connectivity index (χ3v) is 7.12. The number of hydrogen-bond donors (Lipinski definition) is 0. The van der Waals surface area contributed by atoms with Crippen LogP contribution in [0.3, 0.4) is 0 Å². The molecular weight excluding hydrogens is 521 g/mol. The Kier molecular flexibility index (Phi) is 6.29. The molecule has 1 spiro atoms. The number of anilines is 1. The summed E-state index contributed by atoms with van der Waals surface area (Å²) in [4.78, 5) is 15.0. The maximum Gasteiger partial charge on any atom is 1.00 e. The fourth-order valence-corrected chi connectivity index (χ4v) is 5.21. The van der Waals surface area contributed by atoms with E-state index in [9.17, 15) is 9.90 Å². The van der Waals surface area contributed by atoms with E-state index in [-0.39, 0.29) is 57.1 Å². The number of benzene rings is 3. The standard InChI is InChI=1S/C27H20BrNO4.K/c1-29(16-7-3-2-4-8-16)17-11-12-20-24(13-17)32-25-15-23(30)22(28)14-21(25)27(20)19-10-6-5-9-18(19)26(31)33-27;/h3,5-15,30H,2,4H2,1H3;/q;+1/p-1. The second-order valence-electron chi connectivity index (χ2n) is 8.35. The minimum absolute atomic E-state index is 0. The molecule has 3 aliphatic rings. The summed E-state index contributed by atoms with van der Waals surface area (Å²) in [6, 6.07) is 16.4. The van der Waals surface area contributed by atoms with Gasteiger partial charge < -0.3 is 19.5 Å². The van der Waals surface area contributed by atoms with Crippen molar-refractivity contribution >= 4 is 27.6 Å². The van der Waals surface area contributed by atoms with Crippen molar-refractivity contribution in [3.05, 3.63) is 105 Å². The molecule has 164 valence electrons. The second kappa shape index (κ2) is 8.97. The molecule has 0 fully saturated rings. The number of ether oxygens (including phenoxy) is 2. The quantitative estimate of drug-likeness (QED) is 0.370. The van der Waals surface area contributed by atoms with E-state index in [0.29, 0.717) is 27.1 Å². The van der Waals surface area contributed by atoms with Crippen LogP contribution in [-0.4, -0.2) is 13.0 Å². The largest absolute Gasteiger partial charge is 1.00 e. The van der Waals surface area contributed by atoms with E-state index in [1.54, 1.807) is 12.1 Å². The Morgan fingerprint density at radius 3 is 2.59 bits per heavy atom. The van der Waals surface area contributed by atoms with Crippen molar-refractivity contribution < 1.29 is 70.8 Å². The van der Waals surface area contributed by atoms with Crippen LogP contribution in [0, 0.1) is 0 Å². The molecule has 34 heavy (non-hydrogen) atoms. The summed E-state index contributed by atoms with van der Waals surface area (Å²) in [7, 11) is 2.01. The van der Waals surface area contributed by atoms with Crippen molar-refractivity contribution in [3.8, 4) is 17.2 Å². The van der Waals surface area contributed by atoms with Crippen LogP contribution in [0.5, 0.6) is 17.2 Å². The SMILES string of the molecule is CN(C1=CCCC=C1)c1ccc2c(c1)Oc1cc([O-])c(Br)cc1C21OC(=O)c2ccccc21.[K+]. The van der Waals surface area contributed by atoms with Crippen LogP contribution in [0.4, 0.5) is 5.69 Å². The summed E-state index contributed by atoms with van der Waals surface area (Å²) in [5.74, 6) is 0.344. The van der Waals surface area contributed by atoms with E-state index in [2.05, 4.69) is 39.1 Å². The second-order valence-corrected chi connectivity index (χ2v) is 9.20. The molecule has 0 amide bonds. The summed E-state index contributed by atoms with van der Waals surface area (Å²) in [5, 5.41) is 12.4. The molecule has 1 atom stereocenters. The summed E-state index contributed by atoms with van der Waals surface area (Å²) in [6.07, 6.45) is 8.52. The predicted octanol–water partition coefficient (Wildman–Crippen LogP) is 2.76. The van der Waals surface area contributed by atoms with E-state index in [1.165, 1.54) is 6.07 Å². The normalized spacial score (nSPS) is 19.2. The van der Waals surface area contributed by atoms with Gasteiger partial charge in [0.15, 0.2) is 5.60 Å². The number of carbonyl (C=O) groups is 1. The zero-order valence-electron chi connectivity index (χ0n) is 18.8. The maximum absolute atomic E-state index is 12.9. The molecule has 2 aliphatic heterocycles. The van der Waals surface area contributed by atoms with Gasteiger partial charge in [-0.3, -0.25) is 0 Å². The van der Waals surface area contributed by atoms with Gasteiger partial charge in [0.05, 0.1) is 5.56 Å². The summed E-state index contributed by atoms with van der Waals surface area (Å²) < 4.78 is 12.8. The van der Waals surface area contributed by atoms with Crippen molar-refractivity contribution in [3.63, 3.8) is 0 Å². The third kappa shape index (κ3) is 3.53. The van der Waals surface area contributed by atoms with E-state index < -0.39 is 11.6 Å². The summed E-state index contributed by atoms with van der Waals surface area (Å²) in [5.41, 5.74) is 3.46. The zero-order chi connectivity index (χ0) is 22.7. The van der Waals surface area contributed by atoms with Gasteiger partial charge in [-0.1, -0.05) is 52.0 Å². The molecule has 7 heteroatoms. The number of carbonyl (C=O) groups excluding carboxylic acids is 1. The first-order chi connectivity index (χ1) is 16.0. The average molecular weight is 540 g/mol. The zero-order valence-corrected chi connectivity index (χ0v) is 23.5. The van der Waals surface area contributed by atoms with Gasteiger partial charge in [-0.15, -0.1) is 0 Å². The number of halogens is 1. The van der Waals surface area contributed by atoms with Gasteiger partial charge in [0, 0.05) is 45.7 Å². The van der Waals surface area contributed by atoms with Gasteiger partial charge in [0.25, 0.3) is 0 Å². The Hall–Kier alpha value is -1.87. The Bertz CT molecular complexity index is 1400. The number of rotatable bonds is 2. The molecule has 0 radical (unpaired) electrons. The number of fused-ring (bicyclic) bond motifs is 6. The average Bonchev–Trinajstić information content (AvgIpc) is 3.13. The Labute approximate surface area is 248 Å². The maximum atomic E-state index is 12.9. The number of likely N-dealkylation sites (N-methyl/N-ethyl adjacent to an activating group) is 1. The van der Waals surface area contributed by atoms with Gasteiger partial charge >= 0.3 is 57.4 Å². The van der Waals surface area contributed by atoms with Gasteiger partial charge in [0.2, 0.25) is 0 Å². The molecule has 3 aromatic carbocycles. The van der Waals surface area contributed by atoms with Crippen molar-refractivity contribution in [2.24, 2.45) is 0 Å². The Morgan fingerprint density at radius 2 is 1.79 bits per heavy atom. The third-order valence-electron chi connectivity index (χ3n) is 6.50. The monoisotopic (exact) mass is 539 g/mol. The van der Waals surface area contributed by atoms with Gasteiger partial charge in [-0.2, -0.15) is 0 Å². The molecule has 0 saturated heterocycles. The van der Waals surface area contributed by atoms with Crippen molar-refractivity contribution in [2.45, 2.75) is 18.4 Å².